The smallest absolute Gasteiger partial charge is 0.328 e. The fourth-order valence-electron chi connectivity index (χ4n) is 5.45. The number of nitrogens with zero attached hydrogens (tertiary/aromatic N) is 2. The molecule has 5 rings (SSSR count). The average Bonchev–Trinajstić information content (AvgIpc) is 3.18. The van der Waals surface area contributed by atoms with Crippen LogP contribution in [0.5, 0.6) is 5.75 Å². The summed E-state index contributed by atoms with van der Waals surface area (Å²) in [4.78, 5) is 60.6. The number of aromatic hydroxyl groups is 1. The number of carboxylic acids is 2. The van der Waals surface area contributed by atoms with Gasteiger partial charge in [0.05, 0.1) is 11.2 Å². The highest BCUT2D eigenvalue weighted by atomic mass is 32.2. The number of thioether (sulfide) groups is 1. The van der Waals surface area contributed by atoms with Crippen molar-refractivity contribution in [2.45, 2.75) is 78.5 Å². The Morgan fingerprint density at radius 2 is 1.57 bits per heavy atom. The standard InChI is InChI=1S/C16H19N3O5S.C8H11NO5S/c1-16(2)11(15(23)24)19-13(22)10(14(19)25-16)18-12(21)9(17)7-3-5-8(20)6-4-7;1-8(2)6(7(11)12)9-4(10)3-5(9)15(8,13)14/h3-6,9-11,14,20H,17H2,1-2H3,(H,18,21)(H,23,24);5-6H,3H2,1-2H3,(H,11,12)/t9?,10-,11+,14-;5-,6+/m11/s1. The molecule has 4 saturated heterocycles. The molecule has 4 aliphatic rings. The molecule has 0 aliphatic carbocycles. The molecule has 0 bridgehead atoms. The molecule has 1 aromatic carbocycles. The van der Waals surface area contributed by atoms with Crippen molar-refractivity contribution in [2.75, 3.05) is 0 Å². The van der Waals surface area contributed by atoms with Crippen molar-refractivity contribution in [1.82, 2.24) is 15.1 Å². The van der Waals surface area contributed by atoms with Crippen LogP contribution in [0.15, 0.2) is 24.3 Å². The largest absolute Gasteiger partial charge is 0.508 e. The predicted octanol–water partition coefficient (Wildman–Crippen LogP) is -0.771. The van der Waals surface area contributed by atoms with Gasteiger partial charge in [-0.1, -0.05) is 12.1 Å². The molecule has 218 valence electrons. The number of carboxylic acid groups (broad SMARTS) is 2. The van der Waals surface area contributed by atoms with E-state index in [-0.39, 0.29) is 12.2 Å². The van der Waals surface area contributed by atoms with Gasteiger partial charge in [0.15, 0.2) is 9.84 Å². The lowest BCUT2D eigenvalue weighted by Crippen LogP contribution is -2.71. The van der Waals surface area contributed by atoms with Crippen molar-refractivity contribution >= 4 is 51.3 Å². The maximum Gasteiger partial charge on any atom is 0.328 e. The van der Waals surface area contributed by atoms with Crippen LogP contribution in [0.3, 0.4) is 0 Å². The van der Waals surface area contributed by atoms with E-state index in [0.717, 1.165) is 4.90 Å². The van der Waals surface area contributed by atoms with Gasteiger partial charge in [-0.05, 0) is 45.4 Å². The highest BCUT2D eigenvalue weighted by Crippen LogP contribution is 2.51. The number of rotatable bonds is 5. The molecule has 40 heavy (non-hydrogen) atoms. The molecule has 3 amide bonds. The van der Waals surface area contributed by atoms with Crippen LogP contribution >= 0.6 is 11.8 Å². The molecular weight excluding hydrogens is 568 g/mol. The van der Waals surface area contributed by atoms with Gasteiger partial charge in [0, 0.05) is 4.75 Å². The van der Waals surface area contributed by atoms with Gasteiger partial charge in [-0.15, -0.1) is 11.8 Å². The highest BCUT2D eigenvalue weighted by Gasteiger charge is 2.68. The number of carbonyl (C=O) groups excluding carboxylic acids is 3. The second-order valence-electron chi connectivity index (χ2n) is 11.0. The third-order valence-electron chi connectivity index (χ3n) is 7.72. The number of hydrogen-bond acceptors (Lipinski definition) is 10. The van der Waals surface area contributed by atoms with Crippen LogP contribution in [-0.2, 0) is 33.8 Å². The molecule has 14 nitrogen and oxygen atoms in total. The van der Waals surface area contributed by atoms with Crippen molar-refractivity contribution < 1.29 is 47.7 Å². The van der Waals surface area contributed by atoms with E-state index in [1.54, 1.807) is 13.8 Å². The quantitative estimate of drug-likeness (QED) is 0.263. The molecule has 4 heterocycles. The first-order chi connectivity index (χ1) is 18.3. The third kappa shape index (κ3) is 4.37. The number of hydrogen-bond donors (Lipinski definition) is 5. The summed E-state index contributed by atoms with van der Waals surface area (Å²) in [5.41, 5.74) is 6.41. The summed E-state index contributed by atoms with van der Waals surface area (Å²) in [6, 6.07) is 1.95. The minimum Gasteiger partial charge on any atom is -0.508 e. The topological polar surface area (TPSA) is 225 Å². The summed E-state index contributed by atoms with van der Waals surface area (Å²) in [5, 5.41) is 28.9. The maximum absolute atomic E-state index is 12.3. The first-order valence-corrected chi connectivity index (χ1v) is 14.6. The molecule has 4 fully saturated rings. The monoisotopic (exact) mass is 598 g/mol. The number of nitrogens with one attached hydrogen (secondary N) is 1. The molecule has 0 spiro atoms. The Kier molecular flexibility index (Phi) is 7.12. The zero-order valence-electron chi connectivity index (χ0n) is 22.0. The summed E-state index contributed by atoms with van der Waals surface area (Å²) in [5.74, 6) is -3.60. The summed E-state index contributed by atoms with van der Waals surface area (Å²) < 4.78 is 21.7. The van der Waals surface area contributed by atoms with E-state index >= 15 is 0 Å². The number of β-lactam (4-membered cyclic amide) rings is 2. The Bertz CT molecular complexity index is 1390. The Morgan fingerprint density at radius 3 is 2.05 bits per heavy atom. The first kappa shape index (κ1) is 29.6. The summed E-state index contributed by atoms with van der Waals surface area (Å²) in [6.45, 7) is 6.24. The van der Waals surface area contributed by atoms with Crippen LogP contribution < -0.4 is 11.1 Å². The van der Waals surface area contributed by atoms with E-state index in [2.05, 4.69) is 5.32 Å². The van der Waals surface area contributed by atoms with Gasteiger partial charge < -0.3 is 36.2 Å². The normalized spacial score (nSPS) is 31.0. The summed E-state index contributed by atoms with van der Waals surface area (Å²) in [7, 11) is -3.57. The van der Waals surface area contributed by atoms with E-state index in [0.29, 0.717) is 5.56 Å². The van der Waals surface area contributed by atoms with E-state index < -0.39 is 83.9 Å². The lowest BCUT2D eigenvalue weighted by Gasteiger charge is -2.43. The number of phenolic OH excluding ortho intramolecular Hbond substituents is 1. The Morgan fingerprint density at radius 1 is 1.02 bits per heavy atom. The number of aliphatic carboxylic acids is 2. The molecular formula is C24H30N4O10S2. The average molecular weight is 599 g/mol. The molecule has 0 saturated carbocycles. The van der Waals surface area contributed by atoms with Crippen LogP contribution in [0.1, 0.15) is 45.7 Å². The van der Waals surface area contributed by atoms with Crippen LogP contribution in [0.4, 0.5) is 0 Å². The van der Waals surface area contributed by atoms with Gasteiger partial charge in [0.1, 0.15) is 40.7 Å². The third-order valence-corrected chi connectivity index (χ3v) is 12.1. The highest BCUT2D eigenvalue weighted by molar-refractivity contribution is 8.01. The van der Waals surface area contributed by atoms with Gasteiger partial charge in [-0.3, -0.25) is 14.4 Å². The summed E-state index contributed by atoms with van der Waals surface area (Å²) >= 11 is 1.35. The van der Waals surface area contributed by atoms with Crippen molar-refractivity contribution in [3.8, 4) is 5.75 Å². The zero-order valence-corrected chi connectivity index (χ0v) is 23.6. The minimum atomic E-state index is -3.57. The van der Waals surface area contributed by atoms with E-state index in [4.69, 9.17) is 10.8 Å². The molecule has 16 heteroatoms. The summed E-state index contributed by atoms with van der Waals surface area (Å²) in [6.07, 6.45) is -0.0878. The van der Waals surface area contributed by atoms with E-state index in [1.807, 2.05) is 0 Å². The maximum atomic E-state index is 12.3. The Hall–Kier alpha value is -3.37. The molecule has 1 unspecified atom stereocenters. The van der Waals surface area contributed by atoms with Gasteiger partial charge in [-0.2, -0.15) is 0 Å². The van der Waals surface area contributed by atoms with Crippen molar-refractivity contribution in [3.63, 3.8) is 0 Å². The second-order valence-corrected chi connectivity index (χ2v) is 15.5. The van der Waals surface area contributed by atoms with Crippen LogP contribution in [0.2, 0.25) is 0 Å². The fourth-order valence-corrected chi connectivity index (χ4v) is 9.20. The van der Waals surface area contributed by atoms with Crippen LogP contribution in [-0.4, -0.2) is 102 Å². The van der Waals surface area contributed by atoms with Gasteiger partial charge in [0.25, 0.3) is 0 Å². The fraction of sp³-hybridized carbons (Fsp3) is 0.542. The first-order valence-electron chi connectivity index (χ1n) is 12.2. The number of fused-ring (bicyclic) bond motifs is 2. The number of amides is 3. The van der Waals surface area contributed by atoms with Crippen molar-refractivity contribution in [2.24, 2.45) is 5.73 Å². The number of carbonyl (C=O) groups is 5. The van der Waals surface area contributed by atoms with Gasteiger partial charge in [0.2, 0.25) is 17.7 Å². The number of benzene rings is 1. The number of sulfone groups is 1. The number of phenols is 1. The van der Waals surface area contributed by atoms with E-state index in [9.17, 15) is 42.6 Å². The SMILES string of the molecule is CC1(C)S[C@@H]2[C@H](NC(=O)C(N)c3ccc(O)cc3)C(=O)N2[C@H]1C(=O)O.CC1(C)[C@H](C(=O)O)N2C(=O)C[C@H]2S1(=O)=O. The Balaban J connectivity index is 0.000000210. The second kappa shape index (κ2) is 9.62. The van der Waals surface area contributed by atoms with Crippen molar-refractivity contribution in [3.05, 3.63) is 29.8 Å². The molecule has 0 radical (unpaired) electrons. The lowest BCUT2D eigenvalue weighted by atomic mass is 9.95. The molecule has 6 N–H and O–H groups in total. The van der Waals surface area contributed by atoms with Gasteiger partial charge in [-0.25, -0.2) is 18.0 Å². The lowest BCUT2D eigenvalue weighted by molar-refractivity contribution is -0.161. The Labute approximate surface area is 233 Å². The molecule has 4 aliphatic heterocycles. The van der Waals surface area contributed by atoms with Crippen molar-refractivity contribution in [1.29, 1.82) is 0 Å². The predicted molar refractivity (Wildman–Crippen MR) is 140 cm³/mol. The minimum absolute atomic E-state index is 0.0606. The molecule has 6 atom stereocenters. The molecule has 0 aromatic heterocycles. The van der Waals surface area contributed by atoms with Crippen LogP contribution in [0, 0.1) is 0 Å². The van der Waals surface area contributed by atoms with Crippen LogP contribution in [0.25, 0.3) is 0 Å². The number of nitrogens with two attached hydrogens (primary N) is 1. The zero-order chi connectivity index (χ0) is 30.1. The molecule has 1 aromatic rings. The van der Waals surface area contributed by atoms with E-state index in [1.165, 1.54) is 54.8 Å². The van der Waals surface area contributed by atoms with Gasteiger partial charge >= 0.3 is 11.9 Å².